The number of benzene rings is 1. The molecule has 0 heterocycles. The first-order chi connectivity index (χ1) is 6.16. The van der Waals surface area contributed by atoms with E-state index in [0.29, 0.717) is 6.42 Å². The lowest BCUT2D eigenvalue weighted by molar-refractivity contribution is 0.0977. The number of Topliss-reactive ketones (excluding diaryl/α,β-unsaturated/α-hetero) is 1. The van der Waals surface area contributed by atoms with E-state index < -0.39 is 5.82 Å². The summed E-state index contributed by atoms with van der Waals surface area (Å²) in [6.45, 7) is 3.67. The van der Waals surface area contributed by atoms with E-state index in [1.54, 1.807) is 19.1 Å². The van der Waals surface area contributed by atoms with Gasteiger partial charge in [0.15, 0.2) is 5.78 Å². The lowest BCUT2D eigenvalue weighted by Crippen LogP contribution is -2.04. The third-order valence-electron chi connectivity index (χ3n) is 1.98. The van der Waals surface area contributed by atoms with Gasteiger partial charge >= 0.3 is 0 Å². The SMILES string of the molecule is CCCC(=O)c1c(C)cccc1F. The Bertz CT molecular complexity index is 298. The second-order valence-corrected chi connectivity index (χ2v) is 3.10. The molecule has 0 radical (unpaired) electrons. The van der Waals surface area contributed by atoms with Crippen LogP contribution in [0.1, 0.15) is 35.7 Å². The highest BCUT2D eigenvalue weighted by atomic mass is 19.1. The molecule has 1 aromatic rings. The van der Waals surface area contributed by atoms with E-state index in [1.165, 1.54) is 6.07 Å². The van der Waals surface area contributed by atoms with Crippen molar-refractivity contribution in [2.75, 3.05) is 0 Å². The molecule has 70 valence electrons. The van der Waals surface area contributed by atoms with Crippen LogP contribution in [0.2, 0.25) is 0 Å². The van der Waals surface area contributed by atoms with Gasteiger partial charge in [-0.1, -0.05) is 19.1 Å². The van der Waals surface area contributed by atoms with Gasteiger partial charge < -0.3 is 0 Å². The molecule has 0 saturated carbocycles. The summed E-state index contributed by atoms with van der Waals surface area (Å²) >= 11 is 0. The lowest BCUT2D eigenvalue weighted by Gasteiger charge is -2.04. The Labute approximate surface area is 77.6 Å². The zero-order valence-corrected chi connectivity index (χ0v) is 7.93. The number of ketones is 1. The summed E-state index contributed by atoms with van der Waals surface area (Å²) in [5, 5.41) is 0. The standard InChI is InChI=1S/C11H13FO/c1-3-5-10(13)11-8(2)6-4-7-9(11)12/h4,6-7H,3,5H2,1-2H3. The molecule has 13 heavy (non-hydrogen) atoms. The molecular formula is C11H13FO. The molecule has 0 aliphatic carbocycles. The molecule has 0 fully saturated rings. The molecule has 1 nitrogen and oxygen atoms in total. The molecule has 1 aromatic carbocycles. The molecule has 0 aromatic heterocycles. The Balaban J connectivity index is 3.05. The topological polar surface area (TPSA) is 17.1 Å². The second kappa shape index (κ2) is 4.17. The third-order valence-corrected chi connectivity index (χ3v) is 1.98. The molecule has 1 rings (SSSR count). The van der Waals surface area contributed by atoms with Gasteiger partial charge in [0.05, 0.1) is 5.56 Å². The van der Waals surface area contributed by atoms with Crippen molar-refractivity contribution < 1.29 is 9.18 Å². The average Bonchev–Trinajstić information content (AvgIpc) is 2.04. The predicted octanol–water partition coefficient (Wildman–Crippen LogP) is 3.12. The summed E-state index contributed by atoms with van der Waals surface area (Å²) in [4.78, 5) is 11.4. The van der Waals surface area contributed by atoms with Crippen molar-refractivity contribution in [1.82, 2.24) is 0 Å². The fraction of sp³-hybridized carbons (Fsp3) is 0.364. The summed E-state index contributed by atoms with van der Waals surface area (Å²) in [7, 11) is 0. The molecule has 0 aliphatic heterocycles. The van der Waals surface area contributed by atoms with Crippen LogP contribution in [0.5, 0.6) is 0 Å². The fourth-order valence-corrected chi connectivity index (χ4v) is 1.34. The zero-order chi connectivity index (χ0) is 9.84. The Hall–Kier alpha value is -1.18. The van der Waals surface area contributed by atoms with Crippen LogP contribution in [0.3, 0.4) is 0 Å². The highest BCUT2D eigenvalue weighted by molar-refractivity contribution is 5.97. The Morgan fingerprint density at radius 2 is 2.15 bits per heavy atom. The van der Waals surface area contributed by atoms with E-state index in [9.17, 15) is 9.18 Å². The fourth-order valence-electron chi connectivity index (χ4n) is 1.34. The number of hydrogen-bond acceptors (Lipinski definition) is 1. The predicted molar refractivity (Wildman–Crippen MR) is 50.4 cm³/mol. The lowest BCUT2D eigenvalue weighted by atomic mass is 10.0. The molecule has 0 N–H and O–H groups in total. The van der Waals surface area contributed by atoms with Gasteiger partial charge in [-0.15, -0.1) is 0 Å². The number of hydrogen-bond donors (Lipinski definition) is 0. The van der Waals surface area contributed by atoms with Crippen molar-refractivity contribution in [3.63, 3.8) is 0 Å². The van der Waals surface area contributed by atoms with Gasteiger partial charge in [-0.25, -0.2) is 4.39 Å². The summed E-state index contributed by atoms with van der Waals surface area (Å²) in [6.07, 6.45) is 1.17. The molecule has 0 unspecified atom stereocenters. The van der Waals surface area contributed by atoms with Crippen molar-refractivity contribution in [3.05, 3.63) is 35.1 Å². The van der Waals surface area contributed by atoms with E-state index in [1.807, 2.05) is 6.92 Å². The molecule has 0 saturated heterocycles. The normalized spacial score (nSPS) is 10.1. The van der Waals surface area contributed by atoms with E-state index >= 15 is 0 Å². The summed E-state index contributed by atoms with van der Waals surface area (Å²) < 4.78 is 13.2. The Kier molecular flexibility index (Phi) is 3.18. The smallest absolute Gasteiger partial charge is 0.166 e. The van der Waals surface area contributed by atoms with E-state index in [4.69, 9.17) is 0 Å². The molecule has 0 spiro atoms. The van der Waals surface area contributed by atoms with Crippen LogP contribution < -0.4 is 0 Å². The molecule has 0 aliphatic rings. The van der Waals surface area contributed by atoms with Crippen LogP contribution in [0.25, 0.3) is 0 Å². The van der Waals surface area contributed by atoms with Crippen LogP contribution in [0.4, 0.5) is 4.39 Å². The van der Waals surface area contributed by atoms with E-state index in [0.717, 1.165) is 12.0 Å². The van der Waals surface area contributed by atoms with Crippen LogP contribution >= 0.6 is 0 Å². The zero-order valence-electron chi connectivity index (χ0n) is 7.93. The number of carbonyl (C=O) groups is 1. The summed E-state index contributed by atoms with van der Waals surface area (Å²) in [5.74, 6) is -0.503. The first-order valence-electron chi connectivity index (χ1n) is 4.45. The van der Waals surface area contributed by atoms with Gasteiger partial charge in [-0.05, 0) is 25.0 Å². The van der Waals surface area contributed by atoms with Crippen molar-refractivity contribution in [3.8, 4) is 0 Å². The Morgan fingerprint density at radius 3 is 2.69 bits per heavy atom. The minimum absolute atomic E-state index is 0.0990. The quantitative estimate of drug-likeness (QED) is 0.653. The van der Waals surface area contributed by atoms with Crippen molar-refractivity contribution in [1.29, 1.82) is 0 Å². The molecular weight excluding hydrogens is 167 g/mol. The van der Waals surface area contributed by atoms with E-state index in [2.05, 4.69) is 0 Å². The van der Waals surface area contributed by atoms with Crippen LogP contribution in [-0.4, -0.2) is 5.78 Å². The van der Waals surface area contributed by atoms with Crippen molar-refractivity contribution in [2.24, 2.45) is 0 Å². The summed E-state index contributed by atoms with van der Waals surface area (Å²) in [6, 6.07) is 4.70. The Morgan fingerprint density at radius 1 is 1.46 bits per heavy atom. The minimum atomic E-state index is -0.404. The number of aryl methyl sites for hydroxylation is 1. The number of carbonyl (C=O) groups excluding carboxylic acids is 1. The molecule has 2 heteroatoms. The van der Waals surface area contributed by atoms with Crippen molar-refractivity contribution in [2.45, 2.75) is 26.7 Å². The second-order valence-electron chi connectivity index (χ2n) is 3.10. The largest absolute Gasteiger partial charge is 0.294 e. The van der Waals surface area contributed by atoms with Crippen molar-refractivity contribution >= 4 is 5.78 Å². The van der Waals surface area contributed by atoms with Gasteiger partial charge in [-0.3, -0.25) is 4.79 Å². The van der Waals surface area contributed by atoms with Crippen LogP contribution in [0, 0.1) is 12.7 Å². The van der Waals surface area contributed by atoms with Gasteiger partial charge in [-0.2, -0.15) is 0 Å². The maximum atomic E-state index is 13.2. The highest BCUT2D eigenvalue weighted by Crippen LogP contribution is 2.15. The molecule has 0 bridgehead atoms. The molecule has 0 atom stereocenters. The maximum Gasteiger partial charge on any atom is 0.166 e. The minimum Gasteiger partial charge on any atom is -0.294 e. The number of rotatable bonds is 3. The monoisotopic (exact) mass is 180 g/mol. The molecule has 0 amide bonds. The first kappa shape index (κ1) is 9.90. The highest BCUT2D eigenvalue weighted by Gasteiger charge is 2.12. The average molecular weight is 180 g/mol. The number of halogens is 1. The van der Waals surface area contributed by atoms with Crippen LogP contribution in [-0.2, 0) is 0 Å². The van der Waals surface area contributed by atoms with Gasteiger partial charge in [0.2, 0.25) is 0 Å². The maximum absolute atomic E-state index is 13.2. The first-order valence-corrected chi connectivity index (χ1v) is 4.45. The van der Waals surface area contributed by atoms with Gasteiger partial charge in [0.25, 0.3) is 0 Å². The van der Waals surface area contributed by atoms with E-state index in [-0.39, 0.29) is 11.3 Å². The van der Waals surface area contributed by atoms with Gasteiger partial charge in [0.1, 0.15) is 5.82 Å². The third kappa shape index (κ3) is 2.14. The van der Waals surface area contributed by atoms with Gasteiger partial charge in [0, 0.05) is 6.42 Å². The summed E-state index contributed by atoms with van der Waals surface area (Å²) in [5.41, 5.74) is 0.975. The van der Waals surface area contributed by atoms with Crippen LogP contribution in [0.15, 0.2) is 18.2 Å².